The maximum absolute atomic E-state index is 5.93. The normalized spacial score (nSPS) is 16.6. The molecular weight excluding hydrogens is 794 g/mol. The third-order valence-corrected chi connectivity index (χ3v) is 12.2. The van der Waals surface area contributed by atoms with Gasteiger partial charge < -0.3 is 0 Å². The van der Waals surface area contributed by atoms with Gasteiger partial charge in [0.2, 0.25) is 0 Å². The van der Waals surface area contributed by atoms with Crippen molar-refractivity contribution in [1.82, 2.24) is 0 Å². The van der Waals surface area contributed by atoms with Gasteiger partial charge in [0.15, 0.2) is 0 Å². The Bertz CT molecular complexity index is 2970. The average Bonchev–Trinajstić information content (AvgIpc) is 3.94. The minimum atomic E-state index is 0. The van der Waals surface area contributed by atoms with Crippen molar-refractivity contribution in [2.75, 3.05) is 0 Å². The zero-order valence-electron chi connectivity index (χ0n) is 37.7. The molecule has 9 rings (SSSR count). The summed E-state index contributed by atoms with van der Waals surface area (Å²) >= 11 is 0. The molecule has 4 aromatic carbocycles. The van der Waals surface area contributed by atoms with Gasteiger partial charge in [-0.2, -0.15) is 0 Å². The summed E-state index contributed by atoms with van der Waals surface area (Å²) in [6.07, 6.45) is 16.9. The van der Waals surface area contributed by atoms with Gasteiger partial charge in [0.05, 0.1) is 45.6 Å². The molecule has 5 heteroatoms. The first-order valence-corrected chi connectivity index (χ1v) is 21.0. The van der Waals surface area contributed by atoms with Crippen LogP contribution in [0.3, 0.4) is 0 Å². The smallest absolute Gasteiger partial charge is 0.0823 e. The predicted octanol–water partition coefficient (Wildman–Crippen LogP) is 13.4. The fraction of sp³-hybridized carbons (Fsp3) is 0.214. The Morgan fingerprint density at radius 2 is 0.705 bits per heavy atom. The number of nitrogens with zero attached hydrogens (tertiary/aromatic N) is 4. The van der Waals surface area contributed by atoms with E-state index in [1.807, 2.05) is 6.08 Å². The first-order chi connectivity index (χ1) is 28.6. The average molecular weight is 846 g/mol. The Labute approximate surface area is 374 Å². The Hall–Kier alpha value is -5.90. The summed E-state index contributed by atoms with van der Waals surface area (Å²) in [5, 5.41) is 0. The maximum Gasteiger partial charge on any atom is 0.0823 e. The van der Waals surface area contributed by atoms with Crippen molar-refractivity contribution in [2.24, 2.45) is 20.0 Å². The SMILES string of the molecule is Cc1cc(C)c(C2=CC3=CC4=NC(=CC5=NC(=CC6=NC(=C(c7c(C)cc(C)cc7C)C2=N3)C(c2c(C)cc(C)cc2C)=C6c2c(C)cc(C)cc2C)C=C5)C=C4)c(C)c1.[Zn]. The van der Waals surface area contributed by atoms with Crippen LogP contribution in [0.15, 0.2) is 140 Å². The van der Waals surface area contributed by atoms with Gasteiger partial charge in [-0.05, 0) is 198 Å². The first kappa shape index (κ1) is 41.8. The molecule has 0 radical (unpaired) electrons. The zero-order chi connectivity index (χ0) is 42.3. The summed E-state index contributed by atoms with van der Waals surface area (Å²) in [5.74, 6) is 0. The molecule has 0 atom stereocenters. The molecule has 4 nitrogen and oxygen atoms in total. The Balaban J connectivity index is 0.00000514. The standard InChI is InChI=1S/C56H52N4.Zn/c1-29-17-33(5)48(34(6)18-29)46-27-45-26-43-14-13-41(57-43)25-42-15-16-44(58-42)28-47-52(49-35(7)19-30(2)20-36(49)8)53(50-37(9)21-31(3)22-38(50)10)56(60-47)54(55(46)59-45)51-39(11)23-32(4)24-40(51)12;/h13-28H,1-12H3;. The molecule has 0 saturated heterocycles. The molecule has 5 heterocycles. The number of aliphatic imine (C=N–C) groups is 4. The molecular formula is C56H52N4Zn. The maximum atomic E-state index is 5.93. The van der Waals surface area contributed by atoms with Gasteiger partial charge in [-0.1, -0.05) is 70.8 Å². The second-order valence-corrected chi connectivity index (χ2v) is 17.5. The van der Waals surface area contributed by atoms with E-state index in [2.05, 4.69) is 174 Å². The van der Waals surface area contributed by atoms with Crippen LogP contribution in [0.1, 0.15) is 89.0 Å². The predicted molar refractivity (Wildman–Crippen MR) is 257 cm³/mol. The quantitative estimate of drug-likeness (QED) is 0.184. The van der Waals surface area contributed by atoms with Crippen LogP contribution >= 0.6 is 0 Å². The van der Waals surface area contributed by atoms with Crippen LogP contribution in [0.5, 0.6) is 0 Å². The van der Waals surface area contributed by atoms with Gasteiger partial charge in [0.1, 0.15) is 0 Å². The van der Waals surface area contributed by atoms with E-state index < -0.39 is 0 Å². The Morgan fingerprint density at radius 3 is 1.16 bits per heavy atom. The molecule has 0 unspecified atom stereocenters. The third kappa shape index (κ3) is 7.48. The van der Waals surface area contributed by atoms with Crippen LogP contribution in [-0.4, -0.2) is 22.8 Å². The topological polar surface area (TPSA) is 49.4 Å². The molecule has 4 aromatic rings. The number of aryl methyl sites for hydroxylation is 12. The van der Waals surface area contributed by atoms with E-state index in [-0.39, 0.29) is 19.5 Å². The Morgan fingerprint density at radius 1 is 0.328 bits per heavy atom. The number of allylic oxidation sites excluding steroid dienone is 12. The van der Waals surface area contributed by atoms with Crippen LogP contribution in [0.2, 0.25) is 0 Å². The molecule has 0 saturated carbocycles. The van der Waals surface area contributed by atoms with E-state index in [1.165, 1.54) is 83.5 Å². The summed E-state index contributed by atoms with van der Waals surface area (Å²) in [7, 11) is 0. The van der Waals surface area contributed by atoms with Gasteiger partial charge >= 0.3 is 0 Å². The van der Waals surface area contributed by atoms with E-state index in [1.54, 1.807) is 0 Å². The van der Waals surface area contributed by atoms with Crippen molar-refractivity contribution in [2.45, 2.75) is 83.1 Å². The summed E-state index contributed by atoms with van der Waals surface area (Å²) in [6, 6.07) is 18.5. The molecule has 61 heavy (non-hydrogen) atoms. The third-order valence-electron chi connectivity index (χ3n) is 12.2. The number of rotatable bonds is 4. The Kier molecular flexibility index (Phi) is 10.9. The van der Waals surface area contributed by atoms with Gasteiger partial charge in [-0.15, -0.1) is 0 Å². The van der Waals surface area contributed by atoms with Crippen LogP contribution < -0.4 is 0 Å². The van der Waals surface area contributed by atoms with Crippen molar-refractivity contribution in [3.05, 3.63) is 209 Å². The largest absolute Gasteiger partial charge is 0.249 e. The van der Waals surface area contributed by atoms with Gasteiger partial charge in [-0.3, -0.25) is 0 Å². The van der Waals surface area contributed by atoms with Gasteiger partial charge in [-0.25, -0.2) is 20.0 Å². The van der Waals surface area contributed by atoms with E-state index in [0.29, 0.717) is 0 Å². The molecule has 8 bridgehead atoms. The second-order valence-electron chi connectivity index (χ2n) is 17.5. The van der Waals surface area contributed by atoms with Crippen molar-refractivity contribution < 1.29 is 19.5 Å². The molecule has 0 fully saturated rings. The molecule has 0 aliphatic carbocycles. The molecule has 0 N–H and O–H groups in total. The molecule has 0 aromatic heterocycles. The van der Waals surface area contributed by atoms with Crippen LogP contribution in [0.25, 0.3) is 22.3 Å². The van der Waals surface area contributed by atoms with E-state index >= 15 is 0 Å². The monoisotopic (exact) mass is 844 g/mol. The molecule has 298 valence electrons. The summed E-state index contributed by atoms with van der Waals surface area (Å²) in [6.45, 7) is 26.7. The van der Waals surface area contributed by atoms with Crippen LogP contribution in [0.4, 0.5) is 0 Å². The van der Waals surface area contributed by atoms with Crippen molar-refractivity contribution in [3.63, 3.8) is 0 Å². The summed E-state index contributed by atoms with van der Waals surface area (Å²) in [4.78, 5) is 21.8. The van der Waals surface area contributed by atoms with Crippen LogP contribution in [0, 0.1) is 83.1 Å². The zero-order valence-corrected chi connectivity index (χ0v) is 40.7. The van der Waals surface area contributed by atoms with Crippen LogP contribution in [-0.2, 0) is 19.5 Å². The molecule has 5 aliphatic rings. The number of hydrogen-bond donors (Lipinski definition) is 0. The van der Waals surface area contributed by atoms with Crippen molar-refractivity contribution >= 4 is 45.1 Å². The number of benzene rings is 4. The number of hydrogen-bond acceptors (Lipinski definition) is 4. The minimum absolute atomic E-state index is 0. The van der Waals surface area contributed by atoms with E-state index in [4.69, 9.17) is 20.0 Å². The summed E-state index contributed by atoms with van der Waals surface area (Å²) < 4.78 is 0. The second kappa shape index (κ2) is 15.9. The summed E-state index contributed by atoms with van der Waals surface area (Å²) in [5.41, 5.74) is 30.8. The molecule has 0 amide bonds. The number of fused-ring (bicyclic) bond motifs is 4. The first-order valence-electron chi connectivity index (χ1n) is 21.0. The van der Waals surface area contributed by atoms with E-state index in [9.17, 15) is 0 Å². The fourth-order valence-corrected chi connectivity index (χ4v) is 10.4. The fourth-order valence-electron chi connectivity index (χ4n) is 10.4. The van der Waals surface area contributed by atoms with Gasteiger partial charge in [0.25, 0.3) is 0 Å². The molecule has 0 spiro atoms. The van der Waals surface area contributed by atoms with Crippen molar-refractivity contribution in [3.8, 4) is 0 Å². The minimum Gasteiger partial charge on any atom is -0.249 e. The van der Waals surface area contributed by atoms with Gasteiger partial charge in [0, 0.05) is 41.8 Å². The molecule has 5 aliphatic heterocycles. The van der Waals surface area contributed by atoms with Crippen molar-refractivity contribution in [1.29, 1.82) is 0 Å². The van der Waals surface area contributed by atoms with E-state index in [0.717, 1.165) is 73.5 Å².